The lowest BCUT2D eigenvalue weighted by atomic mass is 10.1. The lowest BCUT2D eigenvalue weighted by molar-refractivity contribution is -0.384. The summed E-state index contributed by atoms with van der Waals surface area (Å²) in [5.41, 5.74) is 0.769. The number of nitrogens with zero attached hydrogens (tertiary/aromatic N) is 2. The fourth-order valence-corrected chi connectivity index (χ4v) is 3.75. The van der Waals surface area contributed by atoms with Gasteiger partial charge in [0.2, 0.25) is 0 Å². The fraction of sp³-hybridized carbons (Fsp3) is 0.217. The van der Waals surface area contributed by atoms with Crippen molar-refractivity contribution in [3.8, 4) is 0 Å². The van der Waals surface area contributed by atoms with Crippen LogP contribution in [0, 0.1) is 22.9 Å². The largest absolute Gasteiger partial charge is 0.469 e. The van der Waals surface area contributed by atoms with E-state index in [2.05, 4.69) is 10.6 Å². The van der Waals surface area contributed by atoms with Gasteiger partial charge in [0.25, 0.3) is 17.5 Å². The van der Waals surface area contributed by atoms with E-state index in [0.717, 1.165) is 32.0 Å². The highest BCUT2D eigenvalue weighted by Crippen LogP contribution is 2.32. The predicted molar refractivity (Wildman–Crippen MR) is 120 cm³/mol. The molecule has 2 amide bonds. The number of nitro groups is 1. The van der Waals surface area contributed by atoms with Crippen LogP contribution in [0.5, 0.6) is 0 Å². The maximum absolute atomic E-state index is 14.2. The number of halogens is 1. The van der Waals surface area contributed by atoms with Gasteiger partial charge in [-0.15, -0.1) is 0 Å². The van der Waals surface area contributed by atoms with Crippen molar-refractivity contribution in [2.45, 2.75) is 19.8 Å². The zero-order chi connectivity index (χ0) is 23.5. The zero-order valence-corrected chi connectivity index (χ0v) is 17.8. The molecule has 4 rings (SSSR count). The molecule has 0 atom stereocenters. The van der Waals surface area contributed by atoms with E-state index < -0.39 is 22.6 Å². The smallest absolute Gasteiger partial charge is 0.293 e. The molecule has 1 aliphatic rings. The third-order valence-corrected chi connectivity index (χ3v) is 5.46. The summed E-state index contributed by atoms with van der Waals surface area (Å²) in [6, 6.07) is 9.49. The Hall–Kier alpha value is -4.21. The first-order chi connectivity index (χ1) is 15.8. The molecular formula is C23H21FN4O5. The molecule has 0 saturated carbocycles. The molecule has 9 nitrogen and oxygen atoms in total. The molecular weight excluding hydrogens is 431 g/mol. The second-order valence-corrected chi connectivity index (χ2v) is 7.65. The number of aryl methyl sites for hydroxylation is 1. The molecule has 3 aromatic rings. The van der Waals surface area contributed by atoms with Gasteiger partial charge in [0.15, 0.2) is 0 Å². The summed E-state index contributed by atoms with van der Waals surface area (Å²) >= 11 is 0. The molecule has 10 heteroatoms. The van der Waals surface area contributed by atoms with Gasteiger partial charge >= 0.3 is 0 Å². The van der Waals surface area contributed by atoms with E-state index in [1.54, 1.807) is 13.0 Å². The Morgan fingerprint density at radius 1 is 1.06 bits per heavy atom. The first-order valence-corrected chi connectivity index (χ1v) is 10.3. The summed E-state index contributed by atoms with van der Waals surface area (Å²) in [5, 5.41) is 16.6. The quantitative estimate of drug-likeness (QED) is 0.412. The Bertz CT molecular complexity index is 1230. The summed E-state index contributed by atoms with van der Waals surface area (Å²) in [6.07, 6.45) is 3.28. The Morgan fingerprint density at radius 3 is 2.48 bits per heavy atom. The lowest BCUT2D eigenvalue weighted by Gasteiger charge is -2.18. The molecule has 1 aromatic heterocycles. The van der Waals surface area contributed by atoms with Crippen molar-refractivity contribution < 1.29 is 23.3 Å². The van der Waals surface area contributed by atoms with Gasteiger partial charge in [-0.1, -0.05) is 0 Å². The summed E-state index contributed by atoms with van der Waals surface area (Å²) in [5.74, 6) is -1.46. The second kappa shape index (κ2) is 9.11. The number of hydrogen-bond donors (Lipinski definition) is 2. The molecule has 2 heterocycles. The number of rotatable bonds is 6. The van der Waals surface area contributed by atoms with Crippen LogP contribution in [0.4, 0.5) is 27.1 Å². The van der Waals surface area contributed by atoms with Gasteiger partial charge in [-0.25, -0.2) is 4.39 Å². The minimum absolute atomic E-state index is 0.0913. The molecule has 2 aromatic carbocycles. The van der Waals surface area contributed by atoms with E-state index in [9.17, 15) is 24.1 Å². The van der Waals surface area contributed by atoms with E-state index in [4.69, 9.17) is 4.42 Å². The number of anilines is 3. The normalized spacial score (nSPS) is 13.1. The highest BCUT2D eigenvalue weighted by Gasteiger charge is 2.24. The van der Waals surface area contributed by atoms with Crippen LogP contribution >= 0.6 is 0 Å². The van der Waals surface area contributed by atoms with E-state index in [1.807, 2.05) is 4.90 Å². The minimum atomic E-state index is -0.687. The molecule has 1 saturated heterocycles. The van der Waals surface area contributed by atoms with E-state index in [1.165, 1.54) is 36.6 Å². The Morgan fingerprint density at radius 2 is 1.82 bits per heavy atom. The van der Waals surface area contributed by atoms with E-state index >= 15 is 0 Å². The number of nitrogens with one attached hydrogen (secondary N) is 2. The molecule has 0 unspecified atom stereocenters. The Labute approximate surface area is 188 Å². The van der Waals surface area contributed by atoms with Crippen LogP contribution < -0.4 is 15.5 Å². The highest BCUT2D eigenvalue weighted by molar-refractivity contribution is 6.07. The number of hydrogen-bond acceptors (Lipinski definition) is 6. The van der Waals surface area contributed by atoms with Gasteiger partial charge in [0.1, 0.15) is 17.3 Å². The van der Waals surface area contributed by atoms with Crippen molar-refractivity contribution in [1.82, 2.24) is 0 Å². The van der Waals surface area contributed by atoms with Crippen LogP contribution in [0.25, 0.3) is 0 Å². The van der Waals surface area contributed by atoms with Crippen molar-refractivity contribution in [3.05, 3.63) is 81.5 Å². The van der Waals surface area contributed by atoms with Crippen molar-refractivity contribution in [3.63, 3.8) is 0 Å². The number of carbonyl (C=O) groups is 2. The number of benzene rings is 2. The van der Waals surface area contributed by atoms with Gasteiger partial charge in [-0.2, -0.15) is 0 Å². The van der Waals surface area contributed by atoms with Gasteiger partial charge < -0.3 is 20.0 Å². The zero-order valence-electron chi connectivity index (χ0n) is 17.8. The lowest BCUT2D eigenvalue weighted by Crippen LogP contribution is -2.20. The van der Waals surface area contributed by atoms with E-state index in [-0.39, 0.29) is 28.2 Å². The number of amides is 2. The minimum Gasteiger partial charge on any atom is -0.469 e. The maximum atomic E-state index is 14.2. The van der Waals surface area contributed by atoms with Crippen LogP contribution in [-0.4, -0.2) is 29.8 Å². The number of carbonyl (C=O) groups excluding carboxylic acids is 2. The van der Waals surface area contributed by atoms with Crippen LogP contribution in [0.3, 0.4) is 0 Å². The summed E-state index contributed by atoms with van der Waals surface area (Å²) in [7, 11) is 0. The first kappa shape index (κ1) is 22.0. The molecule has 170 valence electrons. The SMILES string of the molecule is Cc1occc1C(=O)Nc1cc(NC(=O)c2ccc(N3CCCC3)c([N+](=O)[O-])c2)ccc1F. The first-order valence-electron chi connectivity index (χ1n) is 10.3. The molecule has 0 aliphatic carbocycles. The van der Waals surface area contributed by atoms with Crippen molar-refractivity contribution >= 4 is 34.6 Å². The highest BCUT2D eigenvalue weighted by atomic mass is 19.1. The third kappa shape index (κ3) is 4.69. The summed E-state index contributed by atoms with van der Waals surface area (Å²) < 4.78 is 19.3. The van der Waals surface area contributed by atoms with Gasteiger partial charge in [-0.3, -0.25) is 19.7 Å². The van der Waals surface area contributed by atoms with Crippen molar-refractivity contribution in [2.75, 3.05) is 28.6 Å². The number of nitro benzene ring substituents is 1. The molecule has 0 spiro atoms. The molecule has 33 heavy (non-hydrogen) atoms. The molecule has 1 fully saturated rings. The topological polar surface area (TPSA) is 118 Å². The summed E-state index contributed by atoms with van der Waals surface area (Å²) in [4.78, 5) is 38.1. The van der Waals surface area contributed by atoms with Crippen LogP contribution in [0.15, 0.2) is 53.1 Å². The standard InChI is InChI=1S/C23H21FN4O5/c1-14-17(8-11-33-14)23(30)26-19-13-16(5-6-18(19)24)25-22(29)15-4-7-20(21(12-15)28(31)32)27-9-2-3-10-27/h4-8,11-13H,2-3,9-10H2,1H3,(H,25,29)(H,26,30). The second-order valence-electron chi connectivity index (χ2n) is 7.65. The Balaban J connectivity index is 1.53. The van der Waals surface area contributed by atoms with Crippen molar-refractivity contribution in [2.24, 2.45) is 0 Å². The molecule has 2 N–H and O–H groups in total. The Kier molecular flexibility index (Phi) is 6.07. The maximum Gasteiger partial charge on any atom is 0.293 e. The molecule has 0 bridgehead atoms. The monoisotopic (exact) mass is 452 g/mol. The molecule has 1 aliphatic heterocycles. The summed E-state index contributed by atoms with van der Waals surface area (Å²) in [6.45, 7) is 3.07. The van der Waals surface area contributed by atoms with Gasteiger partial charge in [-0.05, 0) is 56.2 Å². The predicted octanol–water partition coefficient (Wildman–Crippen LogP) is 4.74. The van der Waals surface area contributed by atoms with Gasteiger partial charge in [0.05, 0.1) is 22.4 Å². The van der Waals surface area contributed by atoms with Crippen LogP contribution in [0.2, 0.25) is 0 Å². The third-order valence-electron chi connectivity index (χ3n) is 5.46. The van der Waals surface area contributed by atoms with E-state index in [0.29, 0.717) is 11.4 Å². The average molecular weight is 452 g/mol. The van der Waals surface area contributed by atoms with Crippen LogP contribution in [-0.2, 0) is 0 Å². The molecule has 0 radical (unpaired) electrons. The van der Waals surface area contributed by atoms with Crippen molar-refractivity contribution in [1.29, 1.82) is 0 Å². The average Bonchev–Trinajstić information content (AvgIpc) is 3.47. The fourth-order valence-electron chi connectivity index (χ4n) is 3.75. The van der Waals surface area contributed by atoms with Gasteiger partial charge in [0, 0.05) is 30.4 Å². The number of furan rings is 1. The van der Waals surface area contributed by atoms with Crippen LogP contribution in [0.1, 0.15) is 39.3 Å².